The van der Waals surface area contributed by atoms with Gasteiger partial charge in [-0.15, -0.1) is 0 Å². The molecule has 1 heterocycles. The Balaban J connectivity index is 2.03. The maximum absolute atomic E-state index is 5.98. The number of halogens is 1. The second-order valence-corrected chi connectivity index (χ2v) is 5.54. The van der Waals surface area contributed by atoms with E-state index < -0.39 is 0 Å². The third kappa shape index (κ3) is 4.07. The number of nitrogens with zero attached hydrogens (tertiary/aromatic N) is 2. The number of aromatic nitrogens is 2. The smallest absolute Gasteiger partial charge is 0.224 e. The van der Waals surface area contributed by atoms with Gasteiger partial charge in [-0.3, -0.25) is 0 Å². The molecule has 0 saturated heterocycles. The van der Waals surface area contributed by atoms with E-state index in [1.165, 1.54) is 31.2 Å². The maximum Gasteiger partial charge on any atom is 0.224 e. The van der Waals surface area contributed by atoms with E-state index in [1.54, 1.807) is 0 Å². The van der Waals surface area contributed by atoms with E-state index in [-0.39, 0.29) is 0 Å². The van der Waals surface area contributed by atoms with Crippen molar-refractivity contribution in [1.82, 2.24) is 9.97 Å². The van der Waals surface area contributed by atoms with Gasteiger partial charge >= 0.3 is 0 Å². The molecule has 0 saturated carbocycles. The third-order valence-electron chi connectivity index (χ3n) is 3.40. The van der Waals surface area contributed by atoms with Crippen molar-refractivity contribution in [3.63, 3.8) is 0 Å². The predicted octanol–water partition coefficient (Wildman–Crippen LogP) is 4.97. The van der Waals surface area contributed by atoms with Crippen LogP contribution in [0, 0.1) is 6.92 Å². The number of unbranched alkanes of at least 4 members (excludes halogenated alkanes) is 4. The summed E-state index contributed by atoms with van der Waals surface area (Å²) in [6.07, 6.45) is 6.33. The molecule has 4 heteroatoms. The van der Waals surface area contributed by atoms with Crippen LogP contribution in [0.3, 0.4) is 0 Å². The third-order valence-corrected chi connectivity index (χ3v) is 3.57. The van der Waals surface area contributed by atoms with Crippen LogP contribution >= 0.6 is 11.6 Å². The van der Waals surface area contributed by atoms with Gasteiger partial charge < -0.3 is 5.32 Å². The largest absolute Gasteiger partial charge is 0.369 e. The zero-order valence-electron chi connectivity index (χ0n) is 12.2. The molecule has 1 aromatic heterocycles. The number of aryl methyl sites for hydroxylation is 1. The molecule has 2 rings (SSSR count). The maximum atomic E-state index is 5.98. The monoisotopic (exact) mass is 291 g/mol. The molecule has 0 radical (unpaired) electrons. The molecule has 1 aromatic carbocycles. The Morgan fingerprint density at radius 2 is 1.90 bits per heavy atom. The van der Waals surface area contributed by atoms with Crippen molar-refractivity contribution in [2.45, 2.75) is 46.0 Å². The van der Waals surface area contributed by atoms with Crippen LogP contribution in [0.5, 0.6) is 0 Å². The summed E-state index contributed by atoms with van der Waals surface area (Å²) in [5.41, 5.74) is 2.10. The molecule has 0 amide bonds. The summed E-state index contributed by atoms with van der Waals surface area (Å²) in [6, 6.07) is 6.13. The second-order valence-electron chi connectivity index (χ2n) is 5.20. The number of nitrogens with one attached hydrogen (secondary N) is 1. The highest BCUT2D eigenvalue weighted by molar-refractivity contribution is 6.28. The summed E-state index contributed by atoms with van der Waals surface area (Å²) < 4.78 is 0. The summed E-state index contributed by atoms with van der Waals surface area (Å²) in [6.45, 7) is 5.23. The van der Waals surface area contributed by atoms with Gasteiger partial charge in [0.05, 0.1) is 5.52 Å². The SMILES string of the molecule is CCCCCCCNc1nc(Cl)nc2ccc(C)cc12. The highest BCUT2D eigenvalue weighted by Gasteiger charge is 2.06. The van der Waals surface area contributed by atoms with E-state index in [9.17, 15) is 0 Å². The molecule has 0 aliphatic rings. The first-order chi connectivity index (χ1) is 9.70. The first kappa shape index (κ1) is 15.0. The molecule has 20 heavy (non-hydrogen) atoms. The van der Waals surface area contributed by atoms with Crippen LogP contribution < -0.4 is 5.32 Å². The second kappa shape index (κ2) is 7.44. The first-order valence-electron chi connectivity index (χ1n) is 7.38. The van der Waals surface area contributed by atoms with Crippen molar-refractivity contribution in [2.24, 2.45) is 0 Å². The lowest BCUT2D eigenvalue weighted by atomic mass is 10.1. The summed E-state index contributed by atoms with van der Waals surface area (Å²) in [5.74, 6) is 0.846. The van der Waals surface area contributed by atoms with Crippen molar-refractivity contribution in [3.8, 4) is 0 Å². The lowest BCUT2D eigenvalue weighted by molar-refractivity contribution is 0.645. The topological polar surface area (TPSA) is 37.8 Å². The molecule has 0 aliphatic carbocycles. The Hall–Kier alpha value is -1.35. The van der Waals surface area contributed by atoms with E-state index in [0.29, 0.717) is 5.28 Å². The van der Waals surface area contributed by atoms with Crippen LogP contribution in [-0.2, 0) is 0 Å². The fourth-order valence-corrected chi connectivity index (χ4v) is 2.46. The molecule has 2 aromatic rings. The zero-order valence-corrected chi connectivity index (χ0v) is 13.0. The minimum atomic E-state index is 0.301. The van der Waals surface area contributed by atoms with E-state index in [1.807, 2.05) is 12.1 Å². The van der Waals surface area contributed by atoms with E-state index >= 15 is 0 Å². The predicted molar refractivity (Wildman–Crippen MR) is 86.5 cm³/mol. The average Bonchev–Trinajstić information content (AvgIpc) is 2.43. The molecule has 0 aliphatic heterocycles. The number of rotatable bonds is 7. The molecule has 1 N–H and O–H groups in total. The summed E-state index contributed by atoms with van der Waals surface area (Å²) in [4.78, 5) is 8.58. The highest BCUT2D eigenvalue weighted by atomic mass is 35.5. The van der Waals surface area contributed by atoms with Gasteiger partial charge in [-0.2, -0.15) is 0 Å². The Morgan fingerprint density at radius 1 is 1.10 bits per heavy atom. The summed E-state index contributed by atoms with van der Waals surface area (Å²) in [5, 5.41) is 4.74. The molecule has 0 unspecified atom stereocenters. The van der Waals surface area contributed by atoms with Crippen LogP contribution in [0.4, 0.5) is 5.82 Å². The van der Waals surface area contributed by atoms with E-state index in [4.69, 9.17) is 11.6 Å². The summed E-state index contributed by atoms with van der Waals surface area (Å²) in [7, 11) is 0. The minimum absolute atomic E-state index is 0.301. The van der Waals surface area contributed by atoms with Crippen molar-refractivity contribution >= 4 is 28.3 Å². The molecule has 108 valence electrons. The minimum Gasteiger partial charge on any atom is -0.369 e. The number of hydrogen-bond donors (Lipinski definition) is 1. The fraction of sp³-hybridized carbons (Fsp3) is 0.500. The Kier molecular flexibility index (Phi) is 5.60. The number of benzene rings is 1. The first-order valence-corrected chi connectivity index (χ1v) is 7.76. The Bertz CT molecular complexity index is 569. The van der Waals surface area contributed by atoms with Gasteiger partial charge in [-0.05, 0) is 37.1 Å². The number of fused-ring (bicyclic) bond motifs is 1. The standard InChI is InChI=1S/C16H22ClN3/c1-3-4-5-6-7-10-18-15-13-11-12(2)8-9-14(13)19-16(17)20-15/h8-9,11H,3-7,10H2,1-2H3,(H,18,19,20). The van der Waals surface area contributed by atoms with Gasteiger partial charge in [-0.1, -0.05) is 44.2 Å². The molecular weight excluding hydrogens is 270 g/mol. The Labute approximate surface area is 125 Å². The molecule has 0 bridgehead atoms. The normalized spacial score (nSPS) is 10.9. The summed E-state index contributed by atoms with van der Waals surface area (Å²) >= 11 is 5.98. The highest BCUT2D eigenvalue weighted by Crippen LogP contribution is 2.23. The lowest BCUT2D eigenvalue weighted by Gasteiger charge is -2.09. The van der Waals surface area contributed by atoms with Crippen molar-refractivity contribution in [3.05, 3.63) is 29.0 Å². The van der Waals surface area contributed by atoms with Gasteiger partial charge in [0.2, 0.25) is 5.28 Å². The lowest BCUT2D eigenvalue weighted by Crippen LogP contribution is -2.05. The molecular formula is C16H22ClN3. The van der Waals surface area contributed by atoms with Gasteiger partial charge in [-0.25, -0.2) is 9.97 Å². The zero-order chi connectivity index (χ0) is 14.4. The van der Waals surface area contributed by atoms with Crippen LogP contribution in [0.15, 0.2) is 18.2 Å². The van der Waals surface area contributed by atoms with Crippen LogP contribution in [-0.4, -0.2) is 16.5 Å². The van der Waals surface area contributed by atoms with Gasteiger partial charge in [0.15, 0.2) is 0 Å². The molecule has 0 fully saturated rings. The van der Waals surface area contributed by atoms with Crippen LogP contribution in [0.2, 0.25) is 5.28 Å². The average molecular weight is 292 g/mol. The Morgan fingerprint density at radius 3 is 2.70 bits per heavy atom. The molecule has 0 atom stereocenters. The molecule has 0 spiro atoms. The van der Waals surface area contributed by atoms with E-state index in [2.05, 4.69) is 35.2 Å². The number of anilines is 1. The van der Waals surface area contributed by atoms with Crippen molar-refractivity contribution in [2.75, 3.05) is 11.9 Å². The fourth-order valence-electron chi connectivity index (χ4n) is 2.28. The van der Waals surface area contributed by atoms with Gasteiger partial charge in [0, 0.05) is 11.9 Å². The number of hydrogen-bond acceptors (Lipinski definition) is 3. The quantitative estimate of drug-likeness (QED) is 0.578. The van der Waals surface area contributed by atoms with Crippen LogP contribution in [0.25, 0.3) is 10.9 Å². The van der Waals surface area contributed by atoms with Gasteiger partial charge in [0.1, 0.15) is 5.82 Å². The van der Waals surface area contributed by atoms with Crippen molar-refractivity contribution in [1.29, 1.82) is 0 Å². The molecule has 3 nitrogen and oxygen atoms in total. The van der Waals surface area contributed by atoms with E-state index in [0.717, 1.165) is 29.7 Å². The van der Waals surface area contributed by atoms with Crippen molar-refractivity contribution < 1.29 is 0 Å². The van der Waals surface area contributed by atoms with Crippen LogP contribution in [0.1, 0.15) is 44.6 Å². The van der Waals surface area contributed by atoms with Gasteiger partial charge in [0.25, 0.3) is 0 Å².